The van der Waals surface area contributed by atoms with Gasteiger partial charge >= 0.3 is 0 Å². The number of hydrogen-bond acceptors (Lipinski definition) is 3. The van der Waals surface area contributed by atoms with Crippen molar-refractivity contribution in [2.45, 2.75) is 20.3 Å². The zero-order valence-corrected chi connectivity index (χ0v) is 11.7. The SMILES string of the molecule is CCOc1ccc(N(C)CC2CCNC2)cc1C. The fourth-order valence-electron chi connectivity index (χ4n) is 2.55. The number of nitrogens with one attached hydrogen (secondary N) is 1. The van der Waals surface area contributed by atoms with E-state index in [1.165, 1.54) is 24.2 Å². The van der Waals surface area contributed by atoms with Crippen molar-refractivity contribution < 1.29 is 4.74 Å². The molecule has 1 atom stereocenters. The Kier molecular flexibility index (Phi) is 4.48. The summed E-state index contributed by atoms with van der Waals surface area (Å²) in [5, 5.41) is 3.42. The fraction of sp³-hybridized carbons (Fsp3) is 0.600. The maximum atomic E-state index is 5.58. The molecule has 1 N–H and O–H groups in total. The van der Waals surface area contributed by atoms with Crippen molar-refractivity contribution in [3.8, 4) is 5.75 Å². The van der Waals surface area contributed by atoms with Crippen molar-refractivity contribution >= 4 is 5.69 Å². The number of hydrogen-bond donors (Lipinski definition) is 1. The third-order valence-corrected chi connectivity index (χ3v) is 3.59. The van der Waals surface area contributed by atoms with Crippen LogP contribution in [0.25, 0.3) is 0 Å². The van der Waals surface area contributed by atoms with Crippen molar-refractivity contribution in [1.29, 1.82) is 0 Å². The molecule has 1 aliphatic heterocycles. The van der Waals surface area contributed by atoms with Crippen LogP contribution in [0.4, 0.5) is 5.69 Å². The van der Waals surface area contributed by atoms with E-state index >= 15 is 0 Å². The average Bonchev–Trinajstić information content (AvgIpc) is 2.84. The summed E-state index contributed by atoms with van der Waals surface area (Å²) >= 11 is 0. The quantitative estimate of drug-likeness (QED) is 0.866. The van der Waals surface area contributed by atoms with Gasteiger partial charge in [-0.05, 0) is 63.0 Å². The Morgan fingerprint density at radius 3 is 2.89 bits per heavy atom. The molecule has 1 fully saturated rings. The second-order valence-electron chi connectivity index (χ2n) is 5.12. The number of ether oxygens (including phenoxy) is 1. The van der Waals surface area contributed by atoms with Gasteiger partial charge in [0.25, 0.3) is 0 Å². The van der Waals surface area contributed by atoms with Crippen LogP contribution in [0.15, 0.2) is 18.2 Å². The van der Waals surface area contributed by atoms with E-state index in [0.717, 1.165) is 31.4 Å². The molecule has 1 saturated heterocycles. The van der Waals surface area contributed by atoms with Gasteiger partial charge in [-0.15, -0.1) is 0 Å². The van der Waals surface area contributed by atoms with E-state index in [1.807, 2.05) is 6.92 Å². The van der Waals surface area contributed by atoms with Gasteiger partial charge in [0, 0.05) is 19.3 Å². The lowest BCUT2D eigenvalue weighted by molar-refractivity contribution is 0.338. The van der Waals surface area contributed by atoms with E-state index < -0.39 is 0 Å². The first-order valence-corrected chi connectivity index (χ1v) is 6.86. The van der Waals surface area contributed by atoms with Gasteiger partial charge in [0.1, 0.15) is 5.75 Å². The number of anilines is 1. The molecule has 0 bridgehead atoms. The second kappa shape index (κ2) is 6.10. The van der Waals surface area contributed by atoms with Crippen LogP contribution in [0, 0.1) is 12.8 Å². The molecule has 3 heteroatoms. The van der Waals surface area contributed by atoms with E-state index in [4.69, 9.17) is 4.74 Å². The molecule has 0 amide bonds. The van der Waals surface area contributed by atoms with Crippen LogP contribution in [-0.2, 0) is 0 Å². The summed E-state index contributed by atoms with van der Waals surface area (Å²) in [7, 11) is 2.17. The highest BCUT2D eigenvalue weighted by atomic mass is 16.5. The summed E-state index contributed by atoms with van der Waals surface area (Å²) in [6.45, 7) is 8.30. The Morgan fingerprint density at radius 2 is 2.28 bits per heavy atom. The summed E-state index contributed by atoms with van der Waals surface area (Å²) in [5.41, 5.74) is 2.49. The minimum atomic E-state index is 0.726. The zero-order valence-electron chi connectivity index (χ0n) is 11.7. The van der Waals surface area contributed by atoms with Gasteiger partial charge in [-0.25, -0.2) is 0 Å². The monoisotopic (exact) mass is 248 g/mol. The minimum Gasteiger partial charge on any atom is -0.494 e. The van der Waals surface area contributed by atoms with Crippen molar-refractivity contribution in [2.75, 3.05) is 38.2 Å². The zero-order chi connectivity index (χ0) is 13.0. The maximum Gasteiger partial charge on any atom is 0.122 e. The number of rotatable bonds is 5. The fourth-order valence-corrected chi connectivity index (χ4v) is 2.55. The lowest BCUT2D eigenvalue weighted by Crippen LogP contribution is -2.26. The van der Waals surface area contributed by atoms with Crippen molar-refractivity contribution in [1.82, 2.24) is 5.32 Å². The molecule has 3 nitrogen and oxygen atoms in total. The van der Waals surface area contributed by atoms with Crippen LogP contribution in [0.2, 0.25) is 0 Å². The van der Waals surface area contributed by atoms with Gasteiger partial charge in [-0.2, -0.15) is 0 Å². The van der Waals surface area contributed by atoms with Crippen molar-refractivity contribution in [3.63, 3.8) is 0 Å². The van der Waals surface area contributed by atoms with E-state index in [0.29, 0.717) is 0 Å². The minimum absolute atomic E-state index is 0.726. The third-order valence-electron chi connectivity index (χ3n) is 3.59. The Balaban J connectivity index is 2.01. The molecule has 0 spiro atoms. The molecule has 1 aromatic rings. The summed E-state index contributed by atoms with van der Waals surface area (Å²) < 4.78 is 5.58. The first-order valence-electron chi connectivity index (χ1n) is 6.86. The highest BCUT2D eigenvalue weighted by molar-refractivity contribution is 5.52. The van der Waals surface area contributed by atoms with Crippen molar-refractivity contribution in [2.24, 2.45) is 5.92 Å². The Labute approximate surface area is 110 Å². The normalized spacial score (nSPS) is 18.9. The van der Waals surface area contributed by atoms with Gasteiger partial charge in [0.2, 0.25) is 0 Å². The Morgan fingerprint density at radius 1 is 1.44 bits per heavy atom. The third kappa shape index (κ3) is 3.16. The molecule has 1 heterocycles. The van der Waals surface area contributed by atoms with Gasteiger partial charge in [-0.3, -0.25) is 0 Å². The predicted octanol–water partition coefficient (Wildman–Crippen LogP) is 2.44. The molecule has 2 rings (SSSR count). The highest BCUT2D eigenvalue weighted by Crippen LogP contribution is 2.24. The molecular weight excluding hydrogens is 224 g/mol. The second-order valence-corrected chi connectivity index (χ2v) is 5.12. The first-order chi connectivity index (χ1) is 8.70. The molecule has 1 aliphatic rings. The molecule has 1 unspecified atom stereocenters. The maximum absolute atomic E-state index is 5.58. The van der Waals surface area contributed by atoms with E-state index in [2.05, 4.69) is 42.4 Å². The summed E-state index contributed by atoms with van der Waals surface area (Å²) in [5.74, 6) is 1.78. The number of nitrogens with zero attached hydrogens (tertiary/aromatic N) is 1. The van der Waals surface area contributed by atoms with Gasteiger partial charge in [0.15, 0.2) is 0 Å². The first kappa shape index (κ1) is 13.2. The number of benzene rings is 1. The number of aryl methyl sites for hydroxylation is 1. The van der Waals surface area contributed by atoms with E-state index in [9.17, 15) is 0 Å². The summed E-state index contributed by atoms with van der Waals surface area (Å²) in [6.07, 6.45) is 1.29. The van der Waals surface area contributed by atoms with Crippen molar-refractivity contribution in [3.05, 3.63) is 23.8 Å². The molecule has 0 radical (unpaired) electrons. The van der Waals surface area contributed by atoms with Crippen LogP contribution in [0.1, 0.15) is 18.9 Å². The smallest absolute Gasteiger partial charge is 0.122 e. The van der Waals surface area contributed by atoms with E-state index in [-0.39, 0.29) is 0 Å². The topological polar surface area (TPSA) is 24.5 Å². The van der Waals surface area contributed by atoms with Gasteiger partial charge < -0.3 is 15.0 Å². The largest absolute Gasteiger partial charge is 0.494 e. The highest BCUT2D eigenvalue weighted by Gasteiger charge is 2.16. The van der Waals surface area contributed by atoms with Gasteiger partial charge in [0.05, 0.1) is 6.61 Å². The Hall–Kier alpha value is -1.22. The lowest BCUT2D eigenvalue weighted by atomic mass is 10.1. The predicted molar refractivity (Wildman–Crippen MR) is 76.6 cm³/mol. The molecule has 0 saturated carbocycles. The van der Waals surface area contributed by atoms with Crippen LogP contribution in [-0.4, -0.2) is 33.3 Å². The standard InChI is InChI=1S/C15H24N2O/c1-4-18-15-6-5-14(9-12(15)2)17(3)11-13-7-8-16-10-13/h5-6,9,13,16H,4,7-8,10-11H2,1-3H3. The van der Waals surface area contributed by atoms with Crippen LogP contribution < -0.4 is 15.0 Å². The van der Waals surface area contributed by atoms with Crippen LogP contribution >= 0.6 is 0 Å². The molecular formula is C15H24N2O. The van der Waals surface area contributed by atoms with Crippen LogP contribution in [0.5, 0.6) is 5.75 Å². The molecule has 100 valence electrons. The Bertz CT molecular complexity index is 386. The molecule has 1 aromatic carbocycles. The molecule has 0 aliphatic carbocycles. The lowest BCUT2D eigenvalue weighted by Gasteiger charge is -2.23. The molecule has 18 heavy (non-hydrogen) atoms. The average molecular weight is 248 g/mol. The molecule has 0 aromatic heterocycles. The summed E-state index contributed by atoms with van der Waals surface area (Å²) in [4.78, 5) is 2.35. The van der Waals surface area contributed by atoms with E-state index in [1.54, 1.807) is 0 Å². The van der Waals surface area contributed by atoms with Crippen LogP contribution in [0.3, 0.4) is 0 Å². The summed E-state index contributed by atoms with van der Waals surface area (Å²) in [6, 6.07) is 6.45. The van der Waals surface area contributed by atoms with Gasteiger partial charge in [-0.1, -0.05) is 0 Å².